The number of sulfonamides is 1. The van der Waals surface area contributed by atoms with Gasteiger partial charge in [-0.1, -0.05) is 0 Å². The van der Waals surface area contributed by atoms with Crippen molar-refractivity contribution >= 4 is 33.4 Å². The number of nitrogens with one attached hydrogen (secondary N) is 3. The molecule has 3 amide bonds. The number of carbonyl (C=O) groups excluding carboxylic acids is 3. The van der Waals surface area contributed by atoms with E-state index in [2.05, 4.69) is 10.0 Å². The van der Waals surface area contributed by atoms with Crippen LogP contribution in [0.15, 0.2) is 23.2 Å². The lowest BCUT2D eigenvalue weighted by molar-refractivity contribution is -0.145. The normalized spacial score (nSPS) is 15.7. The summed E-state index contributed by atoms with van der Waals surface area (Å²) >= 11 is 0. The van der Waals surface area contributed by atoms with Crippen molar-refractivity contribution < 1.29 is 45.5 Å². The van der Waals surface area contributed by atoms with Gasteiger partial charge in [-0.3, -0.25) is 14.4 Å². The highest BCUT2D eigenvalue weighted by Gasteiger charge is 2.35. The number of rotatable bonds is 7. The van der Waals surface area contributed by atoms with Crippen molar-refractivity contribution in [1.29, 1.82) is 0 Å². The van der Waals surface area contributed by atoms with E-state index in [0.717, 1.165) is 22.7 Å². The van der Waals surface area contributed by atoms with Gasteiger partial charge in [0.1, 0.15) is 10.6 Å². The Kier molecular flexibility index (Phi) is 8.00. The van der Waals surface area contributed by atoms with E-state index in [0.29, 0.717) is 12.1 Å². The van der Waals surface area contributed by atoms with Crippen LogP contribution >= 0.6 is 0 Å². The zero-order chi connectivity index (χ0) is 26.8. The summed E-state index contributed by atoms with van der Waals surface area (Å²) in [5, 5.41) is 12.9. The number of likely N-dealkylation sites (tertiary alicyclic amines) is 1. The van der Waals surface area contributed by atoms with Crippen LogP contribution in [-0.4, -0.2) is 73.0 Å². The van der Waals surface area contributed by atoms with Gasteiger partial charge in [-0.15, -0.1) is 0 Å². The molecule has 3 rings (SSSR count). The minimum Gasteiger partial charge on any atom is -0.395 e. The fourth-order valence-electron chi connectivity index (χ4n) is 3.55. The van der Waals surface area contributed by atoms with Gasteiger partial charge >= 0.3 is 11.8 Å². The standard InChI is InChI=1S/C20H21F4N5O6S/c1-28-9-14(16(24)17(28)18(31)26-11-6-12(21)15(23)13(22)7-11)36(34,35)27-10-2-4-29(8-10)20(33)19(32)25-3-5-30/h6-7,9-10,27,30H,2-5,8H2,1H3,(H,25,32)(H,26,31)/t10-/m1/s1. The van der Waals surface area contributed by atoms with Crippen LogP contribution in [0.2, 0.25) is 0 Å². The van der Waals surface area contributed by atoms with Crippen molar-refractivity contribution in [2.45, 2.75) is 17.4 Å². The van der Waals surface area contributed by atoms with Gasteiger partial charge in [0.05, 0.1) is 6.61 Å². The quantitative estimate of drug-likeness (QED) is 0.220. The number of hydrogen-bond donors (Lipinski definition) is 4. The van der Waals surface area contributed by atoms with Crippen LogP contribution in [0.1, 0.15) is 16.9 Å². The largest absolute Gasteiger partial charge is 0.395 e. The summed E-state index contributed by atoms with van der Waals surface area (Å²) in [5.74, 6) is -9.58. The highest BCUT2D eigenvalue weighted by Crippen LogP contribution is 2.24. The predicted octanol–water partition coefficient (Wildman–Crippen LogP) is -0.178. The van der Waals surface area contributed by atoms with E-state index in [1.54, 1.807) is 0 Å². The molecule has 0 radical (unpaired) electrons. The molecule has 1 aromatic carbocycles. The number of halogens is 4. The molecule has 0 saturated carbocycles. The SMILES string of the molecule is Cn1cc(S(=O)(=O)N[C@@H]2CCN(C(=O)C(=O)NCCO)C2)c(F)c1C(=O)Nc1cc(F)c(F)c(F)c1. The summed E-state index contributed by atoms with van der Waals surface area (Å²) in [5.41, 5.74) is -1.32. The number of aliphatic hydroxyl groups excluding tert-OH is 1. The molecular weight excluding hydrogens is 514 g/mol. The fourth-order valence-corrected chi connectivity index (χ4v) is 4.93. The van der Waals surface area contributed by atoms with E-state index >= 15 is 4.39 Å². The summed E-state index contributed by atoms with van der Waals surface area (Å²) in [6.07, 6.45) is 0.917. The molecule has 0 aliphatic carbocycles. The van der Waals surface area contributed by atoms with Crippen molar-refractivity contribution in [3.05, 3.63) is 47.3 Å². The first-order valence-corrected chi connectivity index (χ1v) is 11.8. The molecular formula is C20H21F4N5O6S. The molecule has 16 heteroatoms. The van der Waals surface area contributed by atoms with Gasteiger partial charge in [-0.25, -0.2) is 30.7 Å². The molecule has 0 bridgehead atoms. The summed E-state index contributed by atoms with van der Waals surface area (Å²) in [7, 11) is -3.40. The van der Waals surface area contributed by atoms with Crippen molar-refractivity contribution in [2.24, 2.45) is 7.05 Å². The molecule has 1 fully saturated rings. The van der Waals surface area contributed by atoms with Crippen LogP contribution < -0.4 is 15.4 Å². The van der Waals surface area contributed by atoms with Gasteiger partial charge in [0.15, 0.2) is 23.3 Å². The molecule has 4 N–H and O–H groups in total. The number of aromatic nitrogens is 1. The molecule has 11 nitrogen and oxygen atoms in total. The van der Waals surface area contributed by atoms with Crippen LogP contribution in [0.3, 0.4) is 0 Å². The Morgan fingerprint density at radius 3 is 2.36 bits per heavy atom. The van der Waals surface area contributed by atoms with Crippen LogP contribution in [0.5, 0.6) is 0 Å². The lowest BCUT2D eigenvalue weighted by Crippen LogP contribution is -2.44. The Balaban J connectivity index is 1.73. The minimum absolute atomic E-state index is 0.0360. The zero-order valence-corrected chi connectivity index (χ0v) is 19.5. The first kappa shape index (κ1) is 27.1. The molecule has 1 aliphatic heterocycles. The molecule has 36 heavy (non-hydrogen) atoms. The average molecular weight is 535 g/mol. The number of anilines is 1. The Morgan fingerprint density at radius 2 is 1.75 bits per heavy atom. The van der Waals surface area contributed by atoms with Crippen LogP contribution in [0, 0.1) is 23.3 Å². The maximum atomic E-state index is 15.0. The van der Waals surface area contributed by atoms with E-state index in [4.69, 9.17) is 5.11 Å². The first-order chi connectivity index (χ1) is 16.9. The third kappa shape index (κ3) is 5.66. The molecule has 196 valence electrons. The molecule has 2 aromatic rings. The first-order valence-electron chi connectivity index (χ1n) is 10.4. The maximum Gasteiger partial charge on any atom is 0.311 e. The monoisotopic (exact) mass is 535 g/mol. The fraction of sp³-hybridized carbons (Fsp3) is 0.350. The topological polar surface area (TPSA) is 150 Å². The van der Waals surface area contributed by atoms with E-state index < -0.39 is 73.3 Å². The molecule has 1 aliphatic rings. The average Bonchev–Trinajstić information content (AvgIpc) is 3.38. The van der Waals surface area contributed by atoms with Crippen molar-refractivity contribution in [2.75, 3.05) is 31.6 Å². The number of nitrogens with zero attached hydrogens (tertiary/aromatic N) is 2. The molecule has 1 aromatic heterocycles. The second-order valence-electron chi connectivity index (χ2n) is 7.81. The van der Waals surface area contributed by atoms with Gasteiger partial charge in [0, 0.05) is 56.7 Å². The van der Waals surface area contributed by atoms with Crippen LogP contribution in [0.25, 0.3) is 0 Å². The number of aryl methyl sites for hydroxylation is 1. The van der Waals surface area contributed by atoms with Crippen molar-refractivity contribution in [3.63, 3.8) is 0 Å². The van der Waals surface area contributed by atoms with Crippen molar-refractivity contribution in [3.8, 4) is 0 Å². The van der Waals surface area contributed by atoms with Gasteiger partial charge < -0.3 is 25.2 Å². The Hall–Kier alpha value is -3.50. The highest BCUT2D eigenvalue weighted by molar-refractivity contribution is 7.89. The Morgan fingerprint density at radius 1 is 1.11 bits per heavy atom. The summed E-state index contributed by atoms with van der Waals surface area (Å²) in [6, 6.07) is 0.0629. The lowest BCUT2D eigenvalue weighted by Gasteiger charge is -2.16. The smallest absolute Gasteiger partial charge is 0.311 e. The molecule has 0 unspecified atom stereocenters. The minimum atomic E-state index is -4.55. The number of benzene rings is 1. The predicted molar refractivity (Wildman–Crippen MR) is 115 cm³/mol. The van der Waals surface area contributed by atoms with Crippen molar-refractivity contribution in [1.82, 2.24) is 19.5 Å². The van der Waals surface area contributed by atoms with Gasteiger partial charge in [-0.05, 0) is 6.42 Å². The zero-order valence-electron chi connectivity index (χ0n) is 18.6. The van der Waals surface area contributed by atoms with E-state index in [9.17, 15) is 36.0 Å². The molecule has 2 heterocycles. The van der Waals surface area contributed by atoms with Gasteiger partial charge in [0.25, 0.3) is 5.91 Å². The number of amides is 3. The number of hydrogen-bond acceptors (Lipinski definition) is 6. The Labute approximate surface area is 202 Å². The molecule has 1 atom stereocenters. The van der Waals surface area contributed by atoms with Crippen LogP contribution in [0.4, 0.5) is 23.2 Å². The van der Waals surface area contributed by atoms with Gasteiger partial charge in [-0.2, -0.15) is 0 Å². The van der Waals surface area contributed by atoms with E-state index in [1.807, 2.05) is 5.32 Å². The molecule has 1 saturated heterocycles. The third-order valence-corrected chi connectivity index (χ3v) is 6.73. The summed E-state index contributed by atoms with van der Waals surface area (Å²) < 4.78 is 83.5. The Bertz CT molecular complexity index is 1290. The highest BCUT2D eigenvalue weighted by atomic mass is 32.2. The number of aliphatic hydroxyl groups is 1. The lowest BCUT2D eigenvalue weighted by atomic mass is 10.2. The second-order valence-corrected chi connectivity index (χ2v) is 9.49. The molecule has 0 spiro atoms. The maximum absolute atomic E-state index is 15.0. The van der Waals surface area contributed by atoms with E-state index in [1.165, 1.54) is 0 Å². The second kappa shape index (κ2) is 10.6. The summed E-state index contributed by atoms with van der Waals surface area (Å²) in [4.78, 5) is 36.5. The van der Waals surface area contributed by atoms with Crippen LogP contribution in [-0.2, 0) is 26.7 Å². The number of carbonyl (C=O) groups is 3. The third-order valence-electron chi connectivity index (χ3n) is 5.22. The van der Waals surface area contributed by atoms with Gasteiger partial charge in [0.2, 0.25) is 10.0 Å². The summed E-state index contributed by atoms with van der Waals surface area (Å²) in [6.45, 7) is -0.660. The van der Waals surface area contributed by atoms with E-state index in [-0.39, 0.29) is 32.7 Å².